The molecule has 150 valence electrons. The van der Waals surface area contributed by atoms with Gasteiger partial charge >= 0.3 is 0 Å². The highest BCUT2D eigenvalue weighted by Gasteiger charge is 2.26. The van der Waals surface area contributed by atoms with Gasteiger partial charge in [0.25, 0.3) is 10.0 Å². The summed E-state index contributed by atoms with van der Waals surface area (Å²) in [5, 5.41) is 5.15. The Hall–Kier alpha value is -2.48. The van der Waals surface area contributed by atoms with E-state index >= 15 is 0 Å². The molecule has 29 heavy (non-hydrogen) atoms. The zero-order chi connectivity index (χ0) is 20.9. The highest BCUT2D eigenvalue weighted by atomic mass is 35.5. The average molecular weight is 450 g/mol. The van der Waals surface area contributed by atoms with Crippen LogP contribution in [0.3, 0.4) is 0 Å². The molecule has 0 unspecified atom stereocenters. The van der Waals surface area contributed by atoms with Crippen molar-refractivity contribution >= 4 is 49.9 Å². The average Bonchev–Trinajstić information content (AvgIpc) is 3.17. The number of anilines is 1. The molecule has 1 N–H and O–H groups in total. The van der Waals surface area contributed by atoms with Crippen LogP contribution in [0.5, 0.6) is 0 Å². The fourth-order valence-corrected chi connectivity index (χ4v) is 5.58. The van der Waals surface area contributed by atoms with Gasteiger partial charge in [-0.15, -0.1) is 0 Å². The van der Waals surface area contributed by atoms with E-state index in [1.165, 1.54) is 12.1 Å². The van der Waals surface area contributed by atoms with Gasteiger partial charge in [0.2, 0.25) is 0 Å². The van der Waals surface area contributed by atoms with E-state index in [-0.39, 0.29) is 14.9 Å². The number of sulfonamides is 1. The number of fused-ring (bicyclic) bond motifs is 1. The van der Waals surface area contributed by atoms with E-state index in [2.05, 4.69) is 9.82 Å². The first kappa shape index (κ1) is 19.8. The summed E-state index contributed by atoms with van der Waals surface area (Å²) in [6.45, 7) is 3.49. The number of aryl methyl sites for hydroxylation is 2. The van der Waals surface area contributed by atoms with Crippen molar-refractivity contribution in [3.63, 3.8) is 0 Å². The molecule has 4 rings (SSSR count). The normalized spacial score (nSPS) is 11.9. The van der Waals surface area contributed by atoms with Crippen LogP contribution in [0.25, 0.3) is 22.3 Å². The van der Waals surface area contributed by atoms with Gasteiger partial charge in [0.05, 0.1) is 27.1 Å². The molecule has 0 aliphatic rings. The van der Waals surface area contributed by atoms with Gasteiger partial charge < -0.3 is 4.42 Å². The van der Waals surface area contributed by atoms with Crippen LogP contribution in [0.2, 0.25) is 10.0 Å². The second kappa shape index (κ2) is 7.09. The first-order valence-corrected chi connectivity index (χ1v) is 10.9. The summed E-state index contributed by atoms with van der Waals surface area (Å²) < 4.78 is 36.0. The van der Waals surface area contributed by atoms with Gasteiger partial charge in [0.1, 0.15) is 16.2 Å². The lowest BCUT2D eigenvalue weighted by Crippen LogP contribution is -2.15. The predicted octanol–water partition coefficient (Wildman–Crippen LogP) is 5.56. The van der Waals surface area contributed by atoms with Crippen molar-refractivity contribution in [2.45, 2.75) is 18.7 Å². The Morgan fingerprint density at radius 1 is 1.07 bits per heavy atom. The fourth-order valence-electron chi connectivity index (χ4n) is 3.19. The molecule has 0 atom stereocenters. The van der Waals surface area contributed by atoms with Crippen molar-refractivity contribution in [2.24, 2.45) is 7.05 Å². The highest BCUT2D eigenvalue weighted by molar-refractivity contribution is 7.93. The van der Waals surface area contributed by atoms with Gasteiger partial charge in [-0.3, -0.25) is 9.40 Å². The van der Waals surface area contributed by atoms with Gasteiger partial charge in [-0.25, -0.2) is 8.42 Å². The van der Waals surface area contributed by atoms with Crippen LogP contribution in [0.4, 0.5) is 5.69 Å². The Labute approximate surface area is 178 Å². The van der Waals surface area contributed by atoms with E-state index in [1.54, 1.807) is 25.6 Å². The molecule has 0 bridgehead atoms. The number of para-hydroxylation sites is 1. The second-order valence-corrected chi connectivity index (χ2v) is 9.13. The van der Waals surface area contributed by atoms with Crippen molar-refractivity contribution < 1.29 is 12.8 Å². The molecule has 9 heteroatoms. The molecule has 2 aromatic carbocycles. The first-order valence-electron chi connectivity index (χ1n) is 8.68. The molecule has 6 nitrogen and oxygen atoms in total. The molecule has 0 amide bonds. The number of hydrogen-bond donors (Lipinski definition) is 1. The molecule has 0 aliphatic carbocycles. The van der Waals surface area contributed by atoms with Crippen LogP contribution in [-0.2, 0) is 17.1 Å². The lowest BCUT2D eigenvalue weighted by atomic mass is 10.1. The molecular formula is C20H17Cl2N3O3S. The number of rotatable bonds is 4. The molecule has 2 aromatic heterocycles. The van der Waals surface area contributed by atoms with Crippen LogP contribution < -0.4 is 4.72 Å². The number of hydrogen-bond acceptors (Lipinski definition) is 4. The largest absolute Gasteiger partial charge is 0.456 e. The van der Waals surface area contributed by atoms with E-state index in [0.717, 1.165) is 11.0 Å². The lowest BCUT2D eigenvalue weighted by molar-refractivity contribution is 0.601. The number of nitrogens with one attached hydrogen (secondary N) is 1. The zero-order valence-corrected chi connectivity index (χ0v) is 18.2. The van der Waals surface area contributed by atoms with E-state index in [9.17, 15) is 8.42 Å². The van der Waals surface area contributed by atoms with Crippen molar-refractivity contribution in [3.8, 4) is 11.3 Å². The molecule has 0 fully saturated rings. The van der Waals surface area contributed by atoms with Gasteiger partial charge in [0, 0.05) is 18.0 Å². The standard InChI is InChI=1S/C20H17Cl2N3O3S/c1-11-19(12(2)25(3)23-11)24-29(26,27)20-15(21)8-14(9-16(20)22)18-10-13-6-4-5-7-17(13)28-18/h4-10,24H,1-3H3. The lowest BCUT2D eigenvalue weighted by Gasteiger charge is -2.12. The molecule has 0 aliphatic heterocycles. The summed E-state index contributed by atoms with van der Waals surface area (Å²) in [4.78, 5) is -0.191. The van der Waals surface area contributed by atoms with E-state index in [0.29, 0.717) is 28.4 Å². The Morgan fingerprint density at radius 3 is 2.31 bits per heavy atom. The van der Waals surface area contributed by atoms with Gasteiger partial charge in [0.15, 0.2) is 0 Å². The third-order valence-corrected chi connectivity index (χ3v) is 6.99. The van der Waals surface area contributed by atoms with Crippen molar-refractivity contribution in [2.75, 3.05) is 4.72 Å². The van der Waals surface area contributed by atoms with Crippen LogP contribution in [0.1, 0.15) is 11.4 Å². The van der Waals surface area contributed by atoms with Crippen molar-refractivity contribution in [3.05, 3.63) is 63.9 Å². The Balaban J connectivity index is 1.76. The topological polar surface area (TPSA) is 77.1 Å². The monoisotopic (exact) mass is 449 g/mol. The summed E-state index contributed by atoms with van der Waals surface area (Å²) >= 11 is 12.7. The SMILES string of the molecule is Cc1nn(C)c(C)c1NS(=O)(=O)c1c(Cl)cc(-c2cc3ccccc3o2)cc1Cl. The van der Waals surface area contributed by atoms with E-state index < -0.39 is 10.0 Å². The Morgan fingerprint density at radius 2 is 1.72 bits per heavy atom. The van der Waals surface area contributed by atoms with Crippen LogP contribution in [-0.4, -0.2) is 18.2 Å². The maximum atomic E-state index is 13.0. The van der Waals surface area contributed by atoms with Gasteiger partial charge in [-0.05, 0) is 38.1 Å². The quantitative estimate of drug-likeness (QED) is 0.442. The summed E-state index contributed by atoms with van der Waals surface area (Å²) in [6.07, 6.45) is 0. The highest BCUT2D eigenvalue weighted by Crippen LogP contribution is 2.37. The number of aromatic nitrogens is 2. The van der Waals surface area contributed by atoms with Crippen molar-refractivity contribution in [1.82, 2.24) is 9.78 Å². The summed E-state index contributed by atoms with van der Waals surface area (Å²) in [7, 11) is -2.29. The van der Waals surface area contributed by atoms with Crippen LogP contribution in [0, 0.1) is 13.8 Å². The maximum absolute atomic E-state index is 13.0. The Kier molecular flexibility index (Phi) is 4.85. The minimum Gasteiger partial charge on any atom is -0.456 e. The van der Waals surface area contributed by atoms with Crippen LogP contribution in [0.15, 0.2) is 51.8 Å². The molecule has 0 saturated carbocycles. The maximum Gasteiger partial charge on any atom is 0.264 e. The smallest absolute Gasteiger partial charge is 0.264 e. The molecule has 4 aromatic rings. The van der Waals surface area contributed by atoms with Crippen molar-refractivity contribution in [1.29, 1.82) is 0 Å². The fraction of sp³-hybridized carbons (Fsp3) is 0.150. The summed E-state index contributed by atoms with van der Waals surface area (Å²) in [6, 6.07) is 12.5. The Bertz CT molecular complexity index is 1300. The summed E-state index contributed by atoms with van der Waals surface area (Å²) in [5.41, 5.74) is 2.94. The molecule has 2 heterocycles. The number of furan rings is 1. The zero-order valence-electron chi connectivity index (χ0n) is 15.8. The molecule has 0 radical (unpaired) electrons. The van der Waals surface area contributed by atoms with E-state index in [1.807, 2.05) is 30.3 Å². The number of benzene rings is 2. The number of nitrogens with zero attached hydrogens (tertiary/aromatic N) is 2. The molecule has 0 spiro atoms. The van der Waals surface area contributed by atoms with Gasteiger partial charge in [-0.1, -0.05) is 41.4 Å². The van der Waals surface area contributed by atoms with Crippen LogP contribution >= 0.6 is 23.2 Å². The van der Waals surface area contributed by atoms with Gasteiger partial charge in [-0.2, -0.15) is 5.10 Å². The molecular weight excluding hydrogens is 433 g/mol. The minimum absolute atomic E-state index is 0.000322. The molecule has 0 saturated heterocycles. The first-order chi connectivity index (χ1) is 13.7. The minimum atomic E-state index is -4.03. The van der Waals surface area contributed by atoms with E-state index in [4.69, 9.17) is 27.6 Å². The predicted molar refractivity (Wildman–Crippen MR) is 115 cm³/mol. The third kappa shape index (κ3) is 3.50. The summed E-state index contributed by atoms with van der Waals surface area (Å²) in [5.74, 6) is 0.547. The third-order valence-electron chi connectivity index (χ3n) is 4.72. The number of halogens is 2. The second-order valence-electron chi connectivity index (χ2n) is 6.69.